The number of aromatic nitrogens is 2. The van der Waals surface area contributed by atoms with Crippen molar-refractivity contribution in [2.24, 2.45) is 0 Å². The minimum Gasteiger partial charge on any atom is -0.376 e. The maximum atomic E-state index is 5.77. The van der Waals surface area contributed by atoms with Crippen molar-refractivity contribution in [2.45, 2.75) is 18.9 Å². The van der Waals surface area contributed by atoms with Gasteiger partial charge in [-0.05, 0) is 24.0 Å². The van der Waals surface area contributed by atoms with E-state index in [2.05, 4.69) is 63.8 Å². The number of nitrogens with one attached hydrogen (secondary N) is 1. The summed E-state index contributed by atoms with van der Waals surface area (Å²) in [5, 5.41) is 4.63. The molecule has 1 atom stereocenters. The van der Waals surface area contributed by atoms with Crippen LogP contribution in [0.15, 0.2) is 67.0 Å². The van der Waals surface area contributed by atoms with Crippen LogP contribution in [0.25, 0.3) is 31.8 Å². The minimum atomic E-state index is 0.262. The Labute approximate surface area is 168 Å². The van der Waals surface area contributed by atoms with E-state index >= 15 is 0 Å². The van der Waals surface area contributed by atoms with Crippen LogP contribution in [0.1, 0.15) is 12.8 Å². The molecule has 0 radical (unpaired) electrons. The second-order valence-corrected chi connectivity index (χ2v) is 7.96. The molecule has 1 saturated heterocycles. The van der Waals surface area contributed by atoms with Crippen molar-refractivity contribution in [1.29, 1.82) is 0 Å². The molecule has 1 aliphatic heterocycles. The molecule has 0 saturated carbocycles. The summed E-state index contributed by atoms with van der Waals surface area (Å²) in [6.45, 7) is 1.63. The topological polar surface area (TPSA) is 47.0 Å². The fourth-order valence-electron chi connectivity index (χ4n) is 3.76. The Balaban J connectivity index is 1.67. The summed E-state index contributed by atoms with van der Waals surface area (Å²) in [5.74, 6) is 0.887. The van der Waals surface area contributed by atoms with E-state index in [0.717, 1.165) is 42.0 Å². The van der Waals surface area contributed by atoms with E-state index < -0.39 is 0 Å². The second kappa shape index (κ2) is 7.70. The van der Waals surface area contributed by atoms with E-state index in [9.17, 15) is 0 Å². The third-order valence-corrected chi connectivity index (χ3v) is 6.25. The van der Waals surface area contributed by atoms with Crippen molar-refractivity contribution in [3.8, 4) is 21.6 Å². The summed E-state index contributed by atoms with van der Waals surface area (Å²) >= 11 is 1.72. The second-order valence-electron chi connectivity index (χ2n) is 6.96. The van der Waals surface area contributed by atoms with Gasteiger partial charge in [0.2, 0.25) is 0 Å². The molecule has 0 bridgehead atoms. The summed E-state index contributed by atoms with van der Waals surface area (Å²) in [4.78, 5) is 11.4. The van der Waals surface area contributed by atoms with Gasteiger partial charge in [0.25, 0.3) is 0 Å². The molecule has 1 aliphatic rings. The highest BCUT2D eigenvalue weighted by molar-refractivity contribution is 7.22. The highest BCUT2D eigenvalue weighted by atomic mass is 32.1. The summed E-state index contributed by atoms with van der Waals surface area (Å²) in [7, 11) is 0. The van der Waals surface area contributed by atoms with E-state index in [4.69, 9.17) is 4.74 Å². The van der Waals surface area contributed by atoms with Gasteiger partial charge in [-0.1, -0.05) is 60.7 Å². The van der Waals surface area contributed by atoms with Crippen molar-refractivity contribution in [3.05, 3.63) is 67.0 Å². The first-order chi connectivity index (χ1) is 13.9. The van der Waals surface area contributed by atoms with Gasteiger partial charge in [-0.3, -0.25) is 0 Å². The van der Waals surface area contributed by atoms with Crippen LogP contribution in [-0.4, -0.2) is 29.2 Å². The molecule has 0 aliphatic carbocycles. The van der Waals surface area contributed by atoms with E-state index in [1.54, 1.807) is 17.7 Å². The van der Waals surface area contributed by atoms with Crippen LogP contribution in [0.4, 0.5) is 5.82 Å². The Morgan fingerprint density at radius 3 is 2.43 bits per heavy atom. The van der Waals surface area contributed by atoms with E-state index in [-0.39, 0.29) is 6.10 Å². The molecule has 0 spiro atoms. The molecule has 4 aromatic rings. The van der Waals surface area contributed by atoms with Crippen LogP contribution in [0.3, 0.4) is 0 Å². The number of thiophene rings is 1. The molecule has 3 heterocycles. The molecule has 1 unspecified atom stereocenters. The SMILES string of the molecule is c1ccc(-c2sc3ncnc(NCC4CCCO4)c3c2-c2ccccc2)cc1. The zero-order valence-corrected chi connectivity index (χ0v) is 16.3. The third-order valence-electron chi connectivity index (χ3n) is 5.11. The maximum Gasteiger partial charge on any atom is 0.138 e. The number of ether oxygens (including phenoxy) is 1. The first-order valence-corrected chi connectivity index (χ1v) is 10.5. The predicted molar refractivity (Wildman–Crippen MR) is 116 cm³/mol. The minimum absolute atomic E-state index is 0.262. The first kappa shape index (κ1) is 17.3. The van der Waals surface area contributed by atoms with Crippen LogP contribution in [0.2, 0.25) is 0 Å². The Kier molecular flexibility index (Phi) is 4.77. The lowest BCUT2D eigenvalue weighted by Crippen LogP contribution is -2.19. The summed E-state index contributed by atoms with van der Waals surface area (Å²) in [6.07, 6.45) is 4.15. The predicted octanol–water partition coefficient (Wildman–Crippen LogP) is 5.62. The lowest BCUT2D eigenvalue weighted by Gasteiger charge is -2.13. The lowest BCUT2D eigenvalue weighted by molar-refractivity contribution is 0.120. The molecule has 5 rings (SSSR count). The highest BCUT2D eigenvalue weighted by Gasteiger charge is 2.21. The van der Waals surface area contributed by atoms with Crippen LogP contribution in [0, 0.1) is 0 Å². The molecule has 2 aromatic heterocycles. The van der Waals surface area contributed by atoms with Crippen LogP contribution in [-0.2, 0) is 4.74 Å². The average molecular weight is 388 g/mol. The molecule has 1 N–H and O–H groups in total. The normalized spacial score (nSPS) is 16.5. The van der Waals surface area contributed by atoms with Crippen LogP contribution < -0.4 is 5.32 Å². The molecular weight excluding hydrogens is 366 g/mol. The molecule has 28 heavy (non-hydrogen) atoms. The summed E-state index contributed by atoms with van der Waals surface area (Å²) in [5.41, 5.74) is 3.58. The molecule has 5 heteroatoms. The Morgan fingerprint density at radius 1 is 0.964 bits per heavy atom. The van der Waals surface area contributed by atoms with E-state index in [1.165, 1.54) is 21.6 Å². The van der Waals surface area contributed by atoms with Gasteiger partial charge >= 0.3 is 0 Å². The fraction of sp³-hybridized carbons (Fsp3) is 0.217. The number of hydrogen-bond donors (Lipinski definition) is 1. The molecule has 1 fully saturated rings. The largest absolute Gasteiger partial charge is 0.376 e. The zero-order valence-electron chi connectivity index (χ0n) is 15.5. The number of rotatable bonds is 5. The average Bonchev–Trinajstić information content (AvgIpc) is 3.41. The summed E-state index contributed by atoms with van der Waals surface area (Å²) in [6, 6.07) is 21.0. The Bertz CT molecular complexity index is 1070. The Morgan fingerprint density at radius 2 is 1.71 bits per heavy atom. The number of nitrogens with zero attached hydrogens (tertiary/aromatic N) is 2. The van der Waals surface area contributed by atoms with Gasteiger partial charge in [-0.25, -0.2) is 9.97 Å². The first-order valence-electron chi connectivity index (χ1n) is 9.64. The van der Waals surface area contributed by atoms with Crippen LogP contribution in [0.5, 0.6) is 0 Å². The standard InChI is InChI=1S/C23H21N3OS/c1-3-8-16(9-4-1)19-20-22(24-14-18-12-7-13-27-18)25-15-26-23(20)28-21(19)17-10-5-2-6-11-17/h1-6,8-11,15,18H,7,12-14H2,(H,24,25,26). The smallest absolute Gasteiger partial charge is 0.138 e. The van der Waals surface area contributed by atoms with Gasteiger partial charge in [0.15, 0.2) is 0 Å². The van der Waals surface area contributed by atoms with Gasteiger partial charge < -0.3 is 10.1 Å². The van der Waals surface area contributed by atoms with Gasteiger partial charge in [-0.15, -0.1) is 11.3 Å². The molecule has 140 valence electrons. The van der Waals surface area contributed by atoms with Crippen molar-refractivity contribution in [3.63, 3.8) is 0 Å². The van der Waals surface area contributed by atoms with Gasteiger partial charge in [0, 0.05) is 23.6 Å². The Hall–Kier alpha value is -2.76. The van der Waals surface area contributed by atoms with E-state index in [1.807, 2.05) is 12.1 Å². The van der Waals surface area contributed by atoms with Gasteiger partial charge in [-0.2, -0.15) is 0 Å². The van der Waals surface area contributed by atoms with Crippen molar-refractivity contribution < 1.29 is 4.74 Å². The summed E-state index contributed by atoms with van der Waals surface area (Å²) < 4.78 is 5.77. The zero-order chi connectivity index (χ0) is 18.8. The number of benzene rings is 2. The van der Waals surface area contributed by atoms with Crippen molar-refractivity contribution in [1.82, 2.24) is 9.97 Å². The fourth-order valence-corrected chi connectivity index (χ4v) is 4.93. The van der Waals surface area contributed by atoms with Gasteiger partial charge in [0.1, 0.15) is 17.0 Å². The number of fused-ring (bicyclic) bond motifs is 1. The third kappa shape index (κ3) is 3.28. The van der Waals surface area contributed by atoms with Crippen LogP contribution >= 0.6 is 11.3 Å². The monoisotopic (exact) mass is 387 g/mol. The quantitative estimate of drug-likeness (QED) is 0.483. The number of anilines is 1. The lowest BCUT2D eigenvalue weighted by atomic mass is 10.00. The van der Waals surface area contributed by atoms with E-state index in [0.29, 0.717) is 0 Å². The molecular formula is C23H21N3OS. The van der Waals surface area contributed by atoms with Crippen molar-refractivity contribution >= 4 is 27.4 Å². The molecule has 2 aromatic carbocycles. The van der Waals surface area contributed by atoms with Gasteiger partial charge in [0.05, 0.1) is 11.5 Å². The molecule has 4 nitrogen and oxygen atoms in total. The highest BCUT2D eigenvalue weighted by Crippen LogP contribution is 2.46. The number of hydrogen-bond acceptors (Lipinski definition) is 5. The molecule has 0 amide bonds. The maximum absolute atomic E-state index is 5.77. The van der Waals surface area contributed by atoms with Crippen molar-refractivity contribution in [2.75, 3.05) is 18.5 Å².